The molecule has 1 aromatic rings. The normalized spacial score (nSPS) is 22.0. The zero-order valence-electron chi connectivity index (χ0n) is 11.6. The molecule has 1 aromatic carbocycles. The molecule has 2 rings (SSSR count). The van der Waals surface area contributed by atoms with E-state index < -0.39 is 19.9 Å². The van der Waals surface area contributed by atoms with E-state index in [9.17, 15) is 16.8 Å². The maximum absolute atomic E-state index is 12.3. The minimum atomic E-state index is -3.58. The molecule has 20 heavy (non-hydrogen) atoms. The van der Waals surface area contributed by atoms with E-state index in [4.69, 9.17) is 0 Å². The van der Waals surface area contributed by atoms with E-state index in [1.165, 1.54) is 0 Å². The largest absolute Gasteiger partial charge is 0.240 e. The smallest absolute Gasteiger partial charge is 0.229 e. The van der Waals surface area contributed by atoms with Gasteiger partial charge in [0.25, 0.3) is 0 Å². The second-order valence-electron chi connectivity index (χ2n) is 5.39. The molecule has 1 heterocycles. The molecule has 1 fully saturated rings. The van der Waals surface area contributed by atoms with E-state index in [1.54, 1.807) is 19.1 Å². The van der Waals surface area contributed by atoms with Crippen LogP contribution < -0.4 is 4.72 Å². The molecule has 1 aliphatic rings. The van der Waals surface area contributed by atoms with Crippen molar-refractivity contribution in [3.8, 4) is 0 Å². The van der Waals surface area contributed by atoms with Crippen LogP contribution in [0, 0.1) is 19.8 Å². The summed E-state index contributed by atoms with van der Waals surface area (Å²) in [5.41, 5.74) is 1.56. The molecule has 0 aromatic heterocycles. The molecule has 0 spiro atoms. The van der Waals surface area contributed by atoms with E-state index in [0.717, 1.165) is 5.56 Å². The number of nitrogens with one attached hydrogen (secondary N) is 1. The van der Waals surface area contributed by atoms with Gasteiger partial charge in [-0.1, -0.05) is 12.1 Å². The summed E-state index contributed by atoms with van der Waals surface area (Å²) in [6.45, 7) is 3.75. The van der Waals surface area contributed by atoms with Gasteiger partial charge in [0.2, 0.25) is 10.0 Å². The van der Waals surface area contributed by atoms with E-state index >= 15 is 0 Å². The Morgan fingerprint density at radius 1 is 1.30 bits per heavy atom. The fourth-order valence-corrected chi connectivity index (χ4v) is 5.64. The summed E-state index contributed by atoms with van der Waals surface area (Å²) < 4.78 is 49.8. The van der Waals surface area contributed by atoms with Gasteiger partial charge in [-0.25, -0.2) is 21.6 Å². The lowest BCUT2D eigenvalue weighted by molar-refractivity contribution is 0.543. The molecule has 0 radical (unpaired) electrons. The van der Waals surface area contributed by atoms with Gasteiger partial charge in [-0.05, 0) is 43.4 Å². The second-order valence-corrected chi connectivity index (χ2v) is 9.35. The van der Waals surface area contributed by atoms with Crippen molar-refractivity contribution in [2.75, 3.05) is 18.1 Å². The Kier molecular flexibility index (Phi) is 4.22. The Balaban J connectivity index is 2.10. The third kappa shape index (κ3) is 3.59. The van der Waals surface area contributed by atoms with Gasteiger partial charge in [0, 0.05) is 6.54 Å². The van der Waals surface area contributed by atoms with Crippen molar-refractivity contribution in [2.24, 2.45) is 5.92 Å². The molecule has 1 unspecified atom stereocenters. The highest BCUT2D eigenvalue weighted by molar-refractivity contribution is 7.91. The first-order valence-corrected chi connectivity index (χ1v) is 9.77. The summed E-state index contributed by atoms with van der Waals surface area (Å²) in [5.74, 6) is 0.102. The van der Waals surface area contributed by atoms with Crippen molar-refractivity contribution in [1.82, 2.24) is 4.72 Å². The Morgan fingerprint density at radius 2 is 2.00 bits per heavy atom. The van der Waals surface area contributed by atoms with E-state index in [0.29, 0.717) is 12.0 Å². The van der Waals surface area contributed by atoms with Gasteiger partial charge in [0.15, 0.2) is 9.84 Å². The van der Waals surface area contributed by atoms with Crippen LogP contribution in [0.25, 0.3) is 0 Å². The molecule has 1 saturated heterocycles. The number of benzene rings is 1. The lowest BCUT2D eigenvalue weighted by Crippen LogP contribution is -2.30. The van der Waals surface area contributed by atoms with Crippen LogP contribution in [0.2, 0.25) is 0 Å². The van der Waals surface area contributed by atoms with Gasteiger partial charge in [0.05, 0.1) is 16.4 Å². The summed E-state index contributed by atoms with van der Waals surface area (Å²) in [6.07, 6.45) is 0.525. The maximum Gasteiger partial charge on any atom is 0.240 e. The minimum absolute atomic E-state index is 0.0717. The molecule has 1 atom stereocenters. The van der Waals surface area contributed by atoms with Gasteiger partial charge in [-0.2, -0.15) is 0 Å². The van der Waals surface area contributed by atoms with Crippen LogP contribution in [0.15, 0.2) is 23.1 Å². The first-order valence-electron chi connectivity index (χ1n) is 6.47. The number of hydrogen-bond acceptors (Lipinski definition) is 4. The topological polar surface area (TPSA) is 80.3 Å². The summed E-state index contributed by atoms with van der Waals surface area (Å²) >= 11 is 0. The maximum atomic E-state index is 12.3. The monoisotopic (exact) mass is 317 g/mol. The van der Waals surface area contributed by atoms with E-state index in [2.05, 4.69) is 4.72 Å². The summed E-state index contributed by atoms with van der Waals surface area (Å²) in [7, 11) is -6.56. The molecule has 0 bridgehead atoms. The van der Waals surface area contributed by atoms with Gasteiger partial charge < -0.3 is 0 Å². The molecule has 0 aliphatic carbocycles. The molecule has 0 saturated carbocycles. The summed E-state index contributed by atoms with van der Waals surface area (Å²) in [6, 6.07) is 5.25. The zero-order valence-corrected chi connectivity index (χ0v) is 13.2. The molecular weight excluding hydrogens is 298 g/mol. The highest BCUT2D eigenvalue weighted by Crippen LogP contribution is 2.20. The van der Waals surface area contributed by atoms with Gasteiger partial charge in [-0.3, -0.25) is 0 Å². The molecule has 0 amide bonds. The predicted molar refractivity (Wildman–Crippen MR) is 77.9 cm³/mol. The van der Waals surface area contributed by atoms with Crippen LogP contribution in [-0.2, 0) is 19.9 Å². The van der Waals surface area contributed by atoms with Crippen LogP contribution >= 0.6 is 0 Å². The van der Waals surface area contributed by atoms with Crippen molar-refractivity contribution in [1.29, 1.82) is 0 Å². The Labute approximate surface area is 120 Å². The van der Waals surface area contributed by atoms with Crippen molar-refractivity contribution < 1.29 is 16.8 Å². The van der Waals surface area contributed by atoms with E-state index in [1.807, 2.05) is 13.0 Å². The highest BCUT2D eigenvalue weighted by Gasteiger charge is 2.29. The van der Waals surface area contributed by atoms with Gasteiger partial charge in [-0.15, -0.1) is 0 Å². The van der Waals surface area contributed by atoms with Crippen LogP contribution in [0.1, 0.15) is 17.5 Å². The number of sulfonamides is 1. The van der Waals surface area contributed by atoms with Crippen molar-refractivity contribution >= 4 is 19.9 Å². The number of aryl methyl sites for hydroxylation is 2. The average molecular weight is 317 g/mol. The lowest BCUT2D eigenvalue weighted by Gasteiger charge is -2.12. The first-order chi connectivity index (χ1) is 9.20. The Bertz CT molecular complexity index is 708. The number of hydrogen-bond donors (Lipinski definition) is 1. The standard InChI is InChI=1S/C13H19NO4S2/c1-10-3-4-11(2)13(7-10)20(17,18)14-8-12-5-6-19(15,16)9-12/h3-4,7,12,14H,5-6,8-9H2,1-2H3. The fraction of sp³-hybridized carbons (Fsp3) is 0.538. The van der Waals surface area contributed by atoms with Crippen molar-refractivity contribution in [2.45, 2.75) is 25.2 Å². The van der Waals surface area contributed by atoms with Crippen molar-refractivity contribution in [3.63, 3.8) is 0 Å². The first kappa shape index (κ1) is 15.5. The fourth-order valence-electron chi connectivity index (χ4n) is 2.34. The summed E-state index contributed by atoms with van der Waals surface area (Å²) in [5, 5.41) is 0. The second kappa shape index (κ2) is 5.46. The molecule has 112 valence electrons. The lowest BCUT2D eigenvalue weighted by atomic mass is 10.1. The van der Waals surface area contributed by atoms with Gasteiger partial charge in [0.1, 0.15) is 0 Å². The van der Waals surface area contributed by atoms with Gasteiger partial charge >= 0.3 is 0 Å². The predicted octanol–water partition coefficient (Wildman–Crippen LogP) is 1.02. The zero-order chi connectivity index (χ0) is 15.0. The molecule has 1 aliphatic heterocycles. The Morgan fingerprint density at radius 3 is 2.60 bits per heavy atom. The SMILES string of the molecule is Cc1ccc(C)c(S(=O)(=O)NCC2CCS(=O)(=O)C2)c1. The molecule has 1 N–H and O–H groups in total. The summed E-state index contributed by atoms with van der Waals surface area (Å²) in [4.78, 5) is 0.262. The van der Waals surface area contributed by atoms with Crippen LogP contribution in [-0.4, -0.2) is 34.9 Å². The quantitative estimate of drug-likeness (QED) is 0.899. The third-order valence-corrected chi connectivity index (χ3v) is 6.92. The third-order valence-electron chi connectivity index (χ3n) is 3.52. The van der Waals surface area contributed by atoms with Crippen LogP contribution in [0.3, 0.4) is 0 Å². The molecule has 5 nitrogen and oxygen atoms in total. The van der Waals surface area contributed by atoms with Crippen LogP contribution in [0.5, 0.6) is 0 Å². The molecule has 7 heteroatoms. The number of sulfone groups is 1. The van der Waals surface area contributed by atoms with Crippen molar-refractivity contribution in [3.05, 3.63) is 29.3 Å². The molecular formula is C13H19NO4S2. The number of rotatable bonds is 4. The average Bonchev–Trinajstić information content (AvgIpc) is 2.70. The Hall–Kier alpha value is -0.920. The van der Waals surface area contributed by atoms with Crippen LogP contribution in [0.4, 0.5) is 0 Å². The highest BCUT2D eigenvalue weighted by atomic mass is 32.2. The minimum Gasteiger partial charge on any atom is -0.229 e. The van der Waals surface area contributed by atoms with E-state index in [-0.39, 0.29) is 28.9 Å².